The van der Waals surface area contributed by atoms with Crippen LogP contribution in [-0.4, -0.2) is 42.5 Å². The van der Waals surface area contributed by atoms with E-state index in [0.29, 0.717) is 31.5 Å². The molecule has 0 atom stereocenters. The number of piperidine rings is 1. The lowest BCUT2D eigenvalue weighted by Crippen LogP contribution is -2.46. The topological polar surface area (TPSA) is 58.6 Å². The van der Waals surface area contributed by atoms with Gasteiger partial charge in [-0.05, 0) is 37.1 Å². The number of carbonyl (C=O) groups excluding carboxylic acids is 2. The average molecular weight is 374 g/mol. The highest BCUT2D eigenvalue weighted by atomic mass is 19.3. The molecule has 142 valence electrons. The third-order valence-corrected chi connectivity index (χ3v) is 4.49. The number of carbonyl (C=O) groups is 2. The summed E-state index contributed by atoms with van der Waals surface area (Å²) in [5, 5.41) is 2.97. The van der Waals surface area contributed by atoms with Crippen LogP contribution in [0.5, 0.6) is 5.75 Å². The van der Waals surface area contributed by atoms with Crippen molar-refractivity contribution < 1.29 is 23.1 Å². The van der Waals surface area contributed by atoms with Crippen LogP contribution in [0.4, 0.5) is 8.78 Å². The minimum absolute atomic E-state index is 0.0330. The number of hydrogen-bond acceptors (Lipinski definition) is 3. The maximum absolute atomic E-state index is 12.7. The van der Waals surface area contributed by atoms with Gasteiger partial charge in [-0.1, -0.05) is 30.3 Å². The zero-order valence-corrected chi connectivity index (χ0v) is 14.6. The number of amides is 2. The molecule has 0 radical (unpaired) electrons. The molecule has 1 N–H and O–H groups in total. The van der Waals surface area contributed by atoms with E-state index in [2.05, 4.69) is 10.1 Å². The first-order valence-corrected chi connectivity index (χ1v) is 8.73. The first kappa shape index (κ1) is 18.8. The highest BCUT2D eigenvalue weighted by Gasteiger charge is 2.26. The Hall–Kier alpha value is -2.96. The number of rotatable bonds is 5. The van der Waals surface area contributed by atoms with Crippen molar-refractivity contribution in [2.75, 3.05) is 13.1 Å². The Morgan fingerprint density at radius 1 is 1.00 bits per heavy atom. The SMILES string of the molecule is O=C(NC1CCN(C(=O)c2ccccc2OC(F)F)CC1)c1ccccc1. The zero-order valence-electron chi connectivity index (χ0n) is 14.6. The predicted octanol–water partition coefficient (Wildman–Crippen LogP) is 3.32. The van der Waals surface area contributed by atoms with Gasteiger partial charge in [-0.2, -0.15) is 8.78 Å². The van der Waals surface area contributed by atoms with Crippen LogP contribution in [0.15, 0.2) is 54.6 Å². The van der Waals surface area contributed by atoms with Gasteiger partial charge in [-0.25, -0.2) is 0 Å². The highest BCUT2D eigenvalue weighted by Crippen LogP contribution is 2.23. The van der Waals surface area contributed by atoms with E-state index in [0.717, 1.165) is 0 Å². The molecule has 2 amide bonds. The molecule has 2 aromatic carbocycles. The number of alkyl halides is 2. The number of nitrogens with zero attached hydrogens (tertiary/aromatic N) is 1. The van der Waals surface area contributed by atoms with Crippen LogP contribution in [0.1, 0.15) is 33.6 Å². The number of likely N-dealkylation sites (tertiary alicyclic amines) is 1. The molecule has 0 spiro atoms. The molecule has 0 saturated carbocycles. The molecule has 1 saturated heterocycles. The Morgan fingerprint density at radius 3 is 2.30 bits per heavy atom. The molecule has 7 heteroatoms. The fourth-order valence-corrected chi connectivity index (χ4v) is 3.10. The minimum atomic E-state index is -2.99. The van der Waals surface area contributed by atoms with E-state index in [-0.39, 0.29) is 29.2 Å². The Morgan fingerprint density at radius 2 is 1.63 bits per heavy atom. The van der Waals surface area contributed by atoms with Gasteiger partial charge in [-0.3, -0.25) is 9.59 Å². The fourth-order valence-electron chi connectivity index (χ4n) is 3.10. The van der Waals surface area contributed by atoms with Gasteiger partial charge in [0, 0.05) is 24.7 Å². The van der Waals surface area contributed by atoms with Crippen LogP contribution in [0.2, 0.25) is 0 Å². The van der Waals surface area contributed by atoms with Crippen molar-refractivity contribution in [1.82, 2.24) is 10.2 Å². The van der Waals surface area contributed by atoms with Crippen molar-refractivity contribution in [2.45, 2.75) is 25.5 Å². The first-order chi connectivity index (χ1) is 13.0. The van der Waals surface area contributed by atoms with Crippen molar-refractivity contribution >= 4 is 11.8 Å². The van der Waals surface area contributed by atoms with Crippen LogP contribution in [0, 0.1) is 0 Å². The third-order valence-electron chi connectivity index (χ3n) is 4.49. The molecule has 1 fully saturated rings. The van der Waals surface area contributed by atoms with Crippen molar-refractivity contribution in [1.29, 1.82) is 0 Å². The van der Waals surface area contributed by atoms with E-state index in [1.54, 1.807) is 41.3 Å². The van der Waals surface area contributed by atoms with Crippen LogP contribution >= 0.6 is 0 Å². The van der Waals surface area contributed by atoms with Crippen molar-refractivity contribution in [3.8, 4) is 5.75 Å². The number of ether oxygens (including phenoxy) is 1. The highest BCUT2D eigenvalue weighted by molar-refractivity contribution is 5.97. The van der Waals surface area contributed by atoms with Gasteiger partial charge in [-0.15, -0.1) is 0 Å². The number of benzene rings is 2. The monoisotopic (exact) mass is 374 g/mol. The standard InChI is InChI=1S/C20H20F2N2O3/c21-20(22)27-17-9-5-4-8-16(17)19(26)24-12-10-15(11-13-24)23-18(25)14-6-2-1-3-7-14/h1-9,15,20H,10-13H2,(H,23,25). The molecule has 0 aliphatic carbocycles. The fraction of sp³-hybridized carbons (Fsp3) is 0.300. The lowest BCUT2D eigenvalue weighted by atomic mass is 10.0. The summed E-state index contributed by atoms with van der Waals surface area (Å²) in [6.07, 6.45) is 1.20. The van der Waals surface area contributed by atoms with E-state index >= 15 is 0 Å². The largest absolute Gasteiger partial charge is 0.434 e. The number of nitrogens with one attached hydrogen (secondary N) is 1. The van der Waals surface area contributed by atoms with Crippen LogP contribution < -0.4 is 10.1 Å². The molecule has 3 rings (SSSR count). The summed E-state index contributed by atoms with van der Waals surface area (Å²) in [6.45, 7) is -2.12. The molecule has 0 bridgehead atoms. The minimum Gasteiger partial charge on any atom is -0.434 e. The summed E-state index contributed by atoms with van der Waals surface area (Å²) >= 11 is 0. The lowest BCUT2D eigenvalue weighted by Gasteiger charge is -2.32. The Bertz CT molecular complexity index is 791. The summed E-state index contributed by atoms with van der Waals surface area (Å²) in [5.74, 6) is -0.618. The maximum atomic E-state index is 12.7. The molecular weight excluding hydrogens is 354 g/mol. The number of hydrogen-bond donors (Lipinski definition) is 1. The quantitative estimate of drug-likeness (QED) is 0.873. The van der Waals surface area contributed by atoms with Gasteiger partial charge < -0.3 is 15.0 Å². The zero-order chi connectivity index (χ0) is 19.2. The van der Waals surface area contributed by atoms with Crippen LogP contribution in [0.25, 0.3) is 0 Å². The summed E-state index contributed by atoms with van der Waals surface area (Å²) < 4.78 is 29.5. The summed E-state index contributed by atoms with van der Waals surface area (Å²) in [5.41, 5.74) is 0.707. The molecule has 0 unspecified atom stereocenters. The second-order valence-electron chi connectivity index (χ2n) is 6.28. The Kier molecular flexibility index (Phi) is 6.01. The smallest absolute Gasteiger partial charge is 0.387 e. The van der Waals surface area contributed by atoms with E-state index in [1.807, 2.05) is 6.07 Å². The molecule has 5 nitrogen and oxygen atoms in total. The van der Waals surface area contributed by atoms with E-state index in [1.165, 1.54) is 12.1 Å². The van der Waals surface area contributed by atoms with E-state index < -0.39 is 6.61 Å². The molecule has 0 aromatic heterocycles. The lowest BCUT2D eigenvalue weighted by molar-refractivity contribution is -0.0503. The average Bonchev–Trinajstić information content (AvgIpc) is 2.69. The molecular formula is C20H20F2N2O3. The molecule has 27 heavy (non-hydrogen) atoms. The van der Waals surface area contributed by atoms with E-state index in [9.17, 15) is 18.4 Å². The van der Waals surface area contributed by atoms with Gasteiger partial charge in [0.2, 0.25) is 0 Å². The Balaban J connectivity index is 1.58. The summed E-state index contributed by atoms with van der Waals surface area (Å²) in [4.78, 5) is 26.5. The summed E-state index contributed by atoms with van der Waals surface area (Å²) in [7, 11) is 0. The molecule has 1 aliphatic heterocycles. The van der Waals surface area contributed by atoms with Crippen molar-refractivity contribution in [3.05, 3.63) is 65.7 Å². The van der Waals surface area contributed by atoms with Gasteiger partial charge in [0.15, 0.2) is 0 Å². The van der Waals surface area contributed by atoms with Crippen LogP contribution in [0.3, 0.4) is 0 Å². The maximum Gasteiger partial charge on any atom is 0.387 e. The second kappa shape index (κ2) is 8.62. The van der Waals surface area contributed by atoms with E-state index in [4.69, 9.17) is 0 Å². The van der Waals surface area contributed by atoms with Crippen molar-refractivity contribution in [3.63, 3.8) is 0 Å². The normalized spacial score (nSPS) is 14.9. The van der Waals surface area contributed by atoms with Gasteiger partial charge in [0.1, 0.15) is 5.75 Å². The summed E-state index contributed by atoms with van der Waals surface area (Å²) in [6, 6.07) is 14.9. The second-order valence-corrected chi connectivity index (χ2v) is 6.28. The Labute approximate surface area is 155 Å². The first-order valence-electron chi connectivity index (χ1n) is 8.73. The molecule has 1 heterocycles. The van der Waals surface area contributed by atoms with Crippen LogP contribution in [-0.2, 0) is 0 Å². The van der Waals surface area contributed by atoms with Gasteiger partial charge in [0.05, 0.1) is 5.56 Å². The molecule has 1 aliphatic rings. The van der Waals surface area contributed by atoms with Gasteiger partial charge >= 0.3 is 6.61 Å². The molecule has 2 aromatic rings. The van der Waals surface area contributed by atoms with Crippen molar-refractivity contribution in [2.24, 2.45) is 0 Å². The third kappa shape index (κ3) is 4.81. The van der Waals surface area contributed by atoms with Gasteiger partial charge in [0.25, 0.3) is 11.8 Å². The number of halogens is 2. The number of para-hydroxylation sites is 1. The predicted molar refractivity (Wildman–Crippen MR) is 95.9 cm³/mol.